The number of benzene rings is 1. The minimum atomic E-state index is -4.36. The SMILES string of the molecule is Cc1cc(Br)cc(S(=O)(=O)O)c1O. The summed E-state index contributed by atoms with van der Waals surface area (Å²) >= 11 is 3.05. The first kappa shape index (κ1) is 10.5. The van der Waals surface area contributed by atoms with Gasteiger partial charge in [0.15, 0.2) is 0 Å². The minimum absolute atomic E-state index is 0.377. The first-order chi connectivity index (χ1) is 5.82. The Labute approximate surface area is 84.1 Å². The van der Waals surface area contributed by atoms with Crippen LogP contribution in [0, 0.1) is 6.92 Å². The Bertz CT molecular complexity index is 438. The van der Waals surface area contributed by atoms with E-state index in [0.717, 1.165) is 6.07 Å². The largest absolute Gasteiger partial charge is 0.506 e. The van der Waals surface area contributed by atoms with Gasteiger partial charge < -0.3 is 5.11 Å². The third-order valence-corrected chi connectivity index (χ3v) is 2.83. The van der Waals surface area contributed by atoms with Gasteiger partial charge in [0.2, 0.25) is 0 Å². The molecule has 0 heterocycles. The monoisotopic (exact) mass is 266 g/mol. The molecule has 1 aromatic rings. The molecule has 4 nitrogen and oxygen atoms in total. The normalized spacial score (nSPS) is 11.6. The molecule has 0 aliphatic rings. The zero-order valence-corrected chi connectivity index (χ0v) is 9.05. The lowest BCUT2D eigenvalue weighted by Gasteiger charge is -2.04. The van der Waals surface area contributed by atoms with Crippen LogP contribution in [0.5, 0.6) is 5.75 Å². The highest BCUT2D eigenvalue weighted by Gasteiger charge is 2.17. The fourth-order valence-electron chi connectivity index (χ4n) is 0.901. The molecule has 13 heavy (non-hydrogen) atoms. The van der Waals surface area contributed by atoms with Crippen molar-refractivity contribution < 1.29 is 18.1 Å². The molecular formula is C7H7BrO4S. The summed E-state index contributed by atoms with van der Waals surface area (Å²) in [6.07, 6.45) is 0. The molecule has 0 saturated heterocycles. The predicted octanol–water partition coefficient (Wildman–Crippen LogP) is 1.71. The lowest BCUT2D eigenvalue weighted by atomic mass is 10.2. The molecule has 72 valence electrons. The third kappa shape index (κ3) is 2.20. The van der Waals surface area contributed by atoms with Gasteiger partial charge >= 0.3 is 0 Å². The summed E-state index contributed by atoms with van der Waals surface area (Å²) in [6, 6.07) is 2.68. The van der Waals surface area contributed by atoms with E-state index in [4.69, 9.17) is 4.55 Å². The molecule has 0 amide bonds. The van der Waals surface area contributed by atoms with Gasteiger partial charge in [0, 0.05) is 4.47 Å². The maximum absolute atomic E-state index is 10.7. The Balaban J connectivity index is 3.56. The average Bonchev–Trinajstić information content (AvgIpc) is 1.94. The fourth-order valence-corrected chi connectivity index (χ4v) is 2.31. The zero-order chi connectivity index (χ0) is 10.2. The van der Waals surface area contributed by atoms with Crippen LogP contribution in [-0.4, -0.2) is 18.1 Å². The van der Waals surface area contributed by atoms with Crippen molar-refractivity contribution in [3.8, 4) is 5.75 Å². The lowest BCUT2D eigenvalue weighted by Crippen LogP contribution is -1.99. The fraction of sp³-hybridized carbons (Fsp3) is 0.143. The van der Waals surface area contributed by atoms with Crippen LogP contribution in [0.3, 0.4) is 0 Å². The number of halogens is 1. The topological polar surface area (TPSA) is 74.6 Å². The van der Waals surface area contributed by atoms with Gasteiger partial charge in [-0.3, -0.25) is 4.55 Å². The highest BCUT2D eigenvalue weighted by molar-refractivity contribution is 9.10. The van der Waals surface area contributed by atoms with Gasteiger partial charge in [-0.15, -0.1) is 0 Å². The van der Waals surface area contributed by atoms with E-state index in [-0.39, 0.29) is 0 Å². The zero-order valence-electron chi connectivity index (χ0n) is 6.65. The molecule has 0 aromatic heterocycles. The number of hydrogen-bond donors (Lipinski definition) is 2. The molecule has 0 aliphatic carbocycles. The van der Waals surface area contributed by atoms with Gasteiger partial charge in [-0.25, -0.2) is 0 Å². The second kappa shape index (κ2) is 3.28. The van der Waals surface area contributed by atoms with Crippen molar-refractivity contribution in [3.63, 3.8) is 0 Å². The van der Waals surface area contributed by atoms with Crippen LogP contribution in [0.4, 0.5) is 0 Å². The Morgan fingerprint density at radius 1 is 1.38 bits per heavy atom. The molecule has 0 atom stereocenters. The van der Waals surface area contributed by atoms with E-state index in [1.807, 2.05) is 0 Å². The standard InChI is InChI=1S/C7H7BrO4S/c1-4-2-5(8)3-6(7(4)9)13(10,11)12/h2-3,9H,1H3,(H,10,11,12). The van der Waals surface area contributed by atoms with Crippen LogP contribution >= 0.6 is 15.9 Å². The maximum Gasteiger partial charge on any atom is 0.298 e. The van der Waals surface area contributed by atoms with E-state index in [9.17, 15) is 13.5 Å². The number of aryl methyl sites for hydroxylation is 1. The van der Waals surface area contributed by atoms with E-state index >= 15 is 0 Å². The number of hydrogen-bond acceptors (Lipinski definition) is 3. The average molecular weight is 267 g/mol. The summed E-state index contributed by atoms with van der Waals surface area (Å²) in [4.78, 5) is -0.487. The Morgan fingerprint density at radius 3 is 2.38 bits per heavy atom. The summed E-state index contributed by atoms with van der Waals surface area (Å²) in [5.41, 5.74) is 0.377. The van der Waals surface area contributed by atoms with Gasteiger partial charge in [-0.1, -0.05) is 15.9 Å². The molecule has 1 rings (SSSR count). The van der Waals surface area contributed by atoms with Crippen molar-refractivity contribution in [2.75, 3.05) is 0 Å². The second-order valence-corrected chi connectivity index (χ2v) is 4.85. The van der Waals surface area contributed by atoms with Gasteiger partial charge in [0.25, 0.3) is 10.1 Å². The van der Waals surface area contributed by atoms with E-state index in [1.54, 1.807) is 6.07 Å². The van der Waals surface area contributed by atoms with Crippen LogP contribution < -0.4 is 0 Å². The molecule has 0 fully saturated rings. The second-order valence-electron chi connectivity index (χ2n) is 2.54. The summed E-state index contributed by atoms with van der Waals surface area (Å²) in [6.45, 7) is 1.54. The number of rotatable bonds is 1. The van der Waals surface area contributed by atoms with E-state index < -0.39 is 20.8 Å². The van der Waals surface area contributed by atoms with Crippen molar-refractivity contribution in [2.45, 2.75) is 11.8 Å². The van der Waals surface area contributed by atoms with E-state index in [0.29, 0.717) is 10.0 Å². The Morgan fingerprint density at radius 2 is 1.92 bits per heavy atom. The first-order valence-corrected chi connectivity index (χ1v) is 5.52. The van der Waals surface area contributed by atoms with Crippen LogP contribution in [0.1, 0.15) is 5.56 Å². The van der Waals surface area contributed by atoms with Crippen molar-refractivity contribution in [1.29, 1.82) is 0 Å². The third-order valence-electron chi connectivity index (χ3n) is 1.51. The molecule has 1 aromatic carbocycles. The molecule has 0 bridgehead atoms. The van der Waals surface area contributed by atoms with Crippen molar-refractivity contribution in [2.24, 2.45) is 0 Å². The quantitative estimate of drug-likeness (QED) is 0.759. The summed E-state index contributed by atoms with van der Waals surface area (Å²) < 4.78 is 30.7. The molecule has 6 heteroatoms. The minimum Gasteiger partial charge on any atom is -0.506 e. The number of phenols is 1. The molecule has 2 N–H and O–H groups in total. The van der Waals surface area contributed by atoms with Crippen molar-refractivity contribution >= 4 is 26.0 Å². The summed E-state index contributed by atoms with van der Waals surface area (Å²) in [5, 5.41) is 9.30. The van der Waals surface area contributed by atoms with Crippen LogP contribution in [0.25, 0.3) is 0 Å². The molecule has 0 spiro atoms. The first-order valence-electron chi connectivity index (χ1n) is 3.29. The van der Waals surface area contributed by atoms with Crippen molar-refractivity contribution in [1.82, 2.24) is 0 Å². The maximum atomic E-state index is 10.7. The van der Waals surface area contributed by atoms with Gasteiger partial charge in [-0.05, 0) is 24.6 Å². The number of aromatic hydroxyl groups is 1. The smallest absolute Gasteiger partial charge is 0.298 e. The highest BCUT2D eigenvalue weighted by Crippen LogP contribution is 2.29. The lowest BCUT2D eigenvalue weighted by molar-refractivity contribution is 0.440. The van der Waals surface area contributed by atoms with Gasteiger partial charge in [-0.2, -0.15) is 8.42 Å². The summed E-state index contributed by atoms with van der Waals surface area (Å²) in [5.74, 6) is -0.425. The Kier molecular flexibility index (Phi) is 2.65. The van der Waals surface area contributed by atoms with Gasteiger partial charge in [0.1, 0.15) is 10.6 Å². The van der Waals surface area contributed by atoms with E-state index in [1.165, 1.54) is 6.92 Å². The van der Waals surface area contributed by atoms with Crippen LogP contribution in [0.15, 0.2) is 21.5 Å². The molecule has 0 unspecified atom stereocenters. The number of phenolic OH excluding ortho intramolecular Hbond substituents is 1. The molecular weight excluding hydrogens is 260 g/mol. The van der Waals surface area contributed by atoms with Gasteiger partial charge in [0.05, 0.1) is 0 Å². The van der Waals surface area contributed by atoms with E-state index in [2.05, 4.69) is 15.9 Å². The highest BCUT2D eigenvalue weighted by atomic mass is 79.9. The predicted molar refractivity (Wildman–Crippen MR) is 50.4 cm³/mol. The summed E-state index contributed by atoms with van der Waals surface area (Å²) in [7, 11) is -4.36. The molecule has 0 saturated carbocycles. The van der Waals surface area contributed by atoms with Crippen LogP contribution in [-0.2, 0) is 10.1 Å². The molecule has 0 aliphatic heterocycles. The van der Waals surface area contributed by atoms with Crippen LogP contribution in [0.2, 0.25) is 0 Å². The van der Waals surface area contributed by atoms with Crippen molar-refractivity contribution in [3.05, 3.63) is 22.2 Å². The molecule has 0 radical (unpaired) electrons. The Hall–Kier alpha value is -0.590.